The molecule has 6 heteroatoms. The maximum absolute atomic E-state index is 13.6. The lowest BCUT2D eigenvalue weighted by Crippen LogP contribution is -1.95. The lowest BCUT2D eigenvalue weighted by molar-refractivity contribution is 0.612. The van der Waals surface area contributed by atoms with Crippen LogP contribution in [-0.2, 0) is 6.42 Å². The van der Waals surface area contributed by atoms with E-state index in [2.05, 4.69) is 25.3 Å². The summed E-state index contributed by atoms with van der Waals surface area (Å²) in [7, 11) is 1.74. The van der Waals surface area contributed by atoms with Crippen LogP contribution in [0.15, 0.2) is 30.5 Å². The van der Waals surface area contributed by atoms with E-state index in [1.54, 1.807) is 31.4 Å². The molecule has 2 heterocycles. The number of nitrogens with zero attached hydrogens (tertiary/aromatic N) is 3. The average Bonchev–Trinajstić information content (AvgIpc) is 2.82. The van der Waals surface area contributed by atoms with Crippen molar-refractivity contribution in [1.29, 1.82) is 0 Å². The Bertz CT molecular complexity index is 722. The number of benzene rings is 1. The fraction of sp³-hybridized carbons (Fsp3) is 0.154. The third-order valence-electron chi connectivity index (χ3n) is 2.83. The summed E-state index contributed by atoms with van der Waals surface area (Å²) in [6.45, 7) is 0. The molecule has 0 aliphatic carbocycles. The number of fused-ring (bicyclic) bond motifs is 1. The van der Waals surface area contributed by atoms with Crippen LogP contribution in [0.3, 0.4) is 0 Å². The Kier molecular flexibility index (Phi) is 2.83. The zero-order chi connectivity index (χ0) is 13.2. The second kappa shape index (κ2) is 4.64. The number of halogens is 1. The maximum Gasteiger partial charge on any atom is 0.224 e. The van der Waals surface area contributed by atoms with Gasteiger partial charge in [0.05, 0.1) is 6.20 Å². The highest BCUT2D eigenvalue weighted by molar-refractivity contribution is 5.70. The molecule has 0 aliphatic rings. The fourth-order valence-electron chi connectivity index (χ4n) is 1.88. The number of rotatable bonds is 3. The van der Waals surface area contributed by atoms with Crippen molar-refractivity contribution in [2.24, 2.45) is 0 Å². The zero-order valence-electron chi connectivity index (χ0n) is 10.3. The largest absolute Gasteiger partial charge is 0.357 e. The molecule has 2 N–H and O–H groups in total. The lowest BCUT2D eigenvalue weighted by atomic mass is 10.1. The molecule has 0 bridgehead atoms. The van der Waals surface area contributed by atoms with Crippen LogP contribution in [0.4, 0.5) is 10.3 Å². The number of aromatic amines is 1. The molecule has 0 atom stereocenters. The van der Waals surface area contributed by atoms with Gasteiger partial charge in [-0.1, -0.05) is 18.2 Å². The van der Waals surface area contributed by atoms with E-state index < -0.39 is 0 Å². The molecule has 0 aliphatic heterocycles. The van der Waals surface area contributed by atoms with Crippen molar-refractivity contribution >= 4 is 17.1 Å². The van der Waals surface area contributed by atoms with Gasteiger partial charge in [0, 0.05) is 13.5 Å². The highest BCUT2D eigenvalue weighted by Gasteiger charge is 2.08. The van der Waals surface area contributed by atoms with Gasteiger partial charge in [-0.05, 0) is 11.6 Å². The summed E-state index contributed by atoms with van der Waals surface area (Å²) in [5.41, 5.74) is 1.92. The average molecular weight is 257 g/mol. The van der Waals surface area contributed by atoms with Crippen molar-refractivity contribution < 1.29 is 4.39 Å². The molecule has 0 unspecified atom stereocenters. The molecule has 5 nitrogen and oxygen atoms in total. The van der Waals surface area contributed by atoms with Gasteiger partial charge in [-0.3, -0.25) is 0 Å². The van der Waals surface area contributed by atoms with Crippen LogP contribution in [0.5, 0.6) is 0 Å². The van der Waals surface area contributed by atoms with E-state index in [-0.39, 0.29) is 5.82 Å². The SMILES string of the molecule is CNc1ncc2[nH]c(Cc3ccccc3F)nc2n1. The van der Waals surface area contributed by atoms with Crippen LogP contribution in [0, 0.1) is 5.82 Å². The van der Waals surface area contributed by atoms with Gasteiger partial charge in [0.1, 0.15) is 17.2 Å². The van der Waals surface area contributed by atoms with E-state index in [0.717, 1.165) is 5.52 Å². The zero-order valence-corrected chi connectivity index (χ0v) is 10.3. The van der Waals surface area contributed by atoms with Crippen LogP contribution in [0.1, 0.15) is 11.4 Å². The monoisotopic (exact) mass is 257 g/mol. The van der Waals surface area contributed by atoms with Crippen molar-refractivity contribution in [3.05, 3.63) is 47.7 Å². The van der Waals surface area contributed by atoms with Gasteiger partial charge < -0.3 is 10.3 Å². The van der Waals surface area contributed by atoms with Crippen molar-refractivity contribution in [2.75, 3.05) is 12.4 Å². The van der Waals surface area contributed by atoms with Crippen LogP contribution < -0.4 is 5.32 Å². The molecular formula is C13H12FN5. The number of hydrogen-bond acceptors (Lipinski definition) is 4. The van der Waals surface area contributed by atoms with Crippen molar-refractivity contribution in [3.8, 4) is 0 Å². The third-order valence-corrected chi connectivity index (χ3v) is 2.83. The van der Waals surface area contributed by atoms with E-state index in [0.29, 0.717) is 29.4 Å². The van der Waals surface area contributed by atoms with Gasteiger partial charge >= 0.3 is 0 Å². The first-order chi connectivity index (χ1) is 9.26. The molecule has 19 heavy (non-hydrogen) atoms. The Morgan fingerprint density at radius 1 is 1.26 bits per heavy atom. The summed E-state index contributed by atoms with van der Waals surface area (Å²) >= 11 is 0. The summed E-state index contributed by atoms with van der Waals surface area (Å²) in [4.78, 5) is 15.8. The molecule has 0 amide bonds. The Hall–Kier alpha value is -2.50. The van der Waals surface area contributed by atoms with Crippen molar-refractivity contribution in [2.45, 2.75) is 6.42 Å². The highest BCUT2D eigenvalue weighted by Crippen LogP contribution is 2.14. The number of imidazole rings is 1. The first-order valence-corrected chi connectivity index (χ1v) is 5.89. The molecule has 1 aromatic carbocycles. The molecule has 3 rings (SSSR count). The standard InChI is InChI=1S/C13H12FN5/c1-15-13-16-7-10-12(19-13)18-11(17-10)6-8-4-2-3-5-9(8)14/h2-5,7H,6H2,1H3,(H2,15,16,17,18,19). The van der Waals surface area contributed by atoms with E-state index >= 15 is 0 Å². The number of anilines is 1. The summed E-state index contributed by atoms with van der Waals surface area (Å²) in [5.74, 6) is 0.948. The molecule has 2 aromatic heterocycles. The van der Waals surface area contributed by atoms with E-state index in [4.69, 9.17) is 0 Å². The number of aromatic nitrogens is 4. The Balaban J connectivity index is 1.95. The summed E-state index contributed by atoms with van der Waals surface area (Å²) in [5, 5.41) is 2.85. The molecule has 0 saturated heterocycles. The van der Waals surface area contributed by atoms with Crippen molar-refractivity contribution in [3.63, 3.8) is 0 Å². The first-order valence-electron chi connectivity index (χ1n) is 5.89. The Morgan fingerprint density at radius 2 is 2.11 bits per heavy atom. The minimum atomic E-state index is -0.232. The summed E-state index contributed by atoms with van der Waals surface area (Å²) in [6, 6.07) is 6.66. The molecule has 0 saturated carbocycles. The molecule has 0 spiro atoms. The predicted molar refractivity (Wildman–Crippen MR) is 70.4 cm³/mol. The van der Waals surface area contributed by atoms with Gasteiger partial charge in [-0.25, -0.2) is 14.4 Å². The van der Waals surface area contributed by atoms with E-state index in [1.807, 2.05) is 0 Å². The summed E-state index contributed by atoms with van der Waals surface area (Å²) < 4.78 is 13.6. The summed E-state index contributed by atoms with van der Waals surface area (Å²) in [6.07, 6.45) is 2.06. The van der Waals surface area contributed by atoms with Gasteiger partial charge in [0.25, 0.3) is 0 Å². The van der Waals surface area contributed by atoms with Gasteiger partial charge in [0.2, 0.25) is 5.95 Å². The van der Waals surface area contributed by atoms with Crippen LogP contribution >= 0.6 is 0 Å². The van der Waals surface area contributed by atoms with E-state index in [1.165, 1.54) is 6.07 Å². The maximum atomic E-state index is 13.6. The minimum absolute atomic E-state index is 0.232. The van der Waals surface area contributed by atoms with Gasteiger partial charge in [-0.2, -0.15) is 4.98 Å². The van der Waals surface area contributed by atoms with Gasteiger partial charge in [0.15, 0.2) is 5.65 Å². The minimum Gasteiger partial charge on any atom is -0.357 e. The second-order valence-corrected chi connectivity index (χ2v) is 4.13. The molecular weight excluding hydrogens is 245 g/mol. The first kappa shape index (κ1) is 11.6. The predicted octanol–water partition coefficient (Wildman–Crippen LogP) is 2.12. The molecule has 0 fully saturated rings. The fourth-order valence-corrected chi connectivity index (χ4v) is 1.88. The third kappa shape index (κ3) is 2.24. The van der Waals surface area contributed by atoms with Crippen LogP contribution in [-0.4, -0.2) is 27.0 Å². The van der Waals surface area contributed by atoms with Crippen molar-refractivity contribution in [1.82, 2.24) is 19.9 Å². The Morgan fingerprint density at radius 3 is 2.89 bits per heavy atom. The van der Waals surface area contributed by atoms with E-state index in [9.17, 15) is 4.39 Å². The molecule has 3 aromatic rings. The topological polar surface area (TPSA) is 66.5 Å². The quantitative estimate of drug-likeness (QED) is 0.754. The molecule has 96 valence electrons. The van der Waals surface area contributed by atoms with Crippen LogP contribution in [0.25, 0.3) is 11.2 Å². The lowest BCUT2D eigenvalue weighted by Gasteiger charge is -1.99. The van der Waals surface area contributed by atoms with Gasteiger partial charge in [-0.15, -0.1) is 0 Å². The molecule has 0 radical (unpaired) electrons. The van der Waals surface area contributed by atoms with Crippen LogP contribution in [0.2, 0.25) is 0 Å². The number of nitrogens with one attached hydrogen (secondary N) is 2. The smallest absolute Gasteiger partial charge is 0.224 e. The Labute approximate surface area is 108 Å². The highest BCUT2D eigenvalue weighted by atomic mass is 19.1. The normalized spacial score (nSPS) is 10.8. The number of hydrogen-bond donors (Lipinski definition) is 2. The second-order valence-electron chi connectivity index (χ2n) is 4.13. The number of H-pyrrole nitrogens is 1.